The van der Waals surface area contributed by atoms with E-state index in [1.54, 1.807) is 19.2 Å². The molecule has 0 unspecified atom stereocenters. The zero-order chi connectivity index (χ0) is 13.0. The monoisotopic (exact) mass is 267 g/mol. The molecule has 5 heteroatoms. The van der Waals surface area contributed by atoms with Crippen LogP contribution in [-0.2, 0) is 5.88 Å². The predicted molar refractivity (Wildman–Crippen MR) is 66.8 cm³/mol. The zero-order valence-corrected chi connectivity index (χ0v) is 10.4. The van der Waals surface area contributed by atoms with Crippen LogP contribution in [0.25, 0.3) is 0 Å². The third-order valence-corrected chi connectivity index (χ3v) is 2.60. The third-order valence-electron chi connectivity index (χ3n) is 2.31. The topological polar surface area (TPSA) is 31.4 Å². The second kappa shape index (κ2) is 5.69. The van der Waals surface area contributed by atoms with E-state index in [2.05, 4.69) is 4.98 Å². The number of hydrogen-bond acceptors (Lipinski definition) is 3. The minimum atomic E-state index is -0.446. The minimum absolute atomic E-state index is 0.120. The Balaban J connectivity index is 2.33. The maximum absolute atomic E-state index is 13.0. The quantitative estimate of drug-likeness (QED) is 0.791. The van der Waals surface area contributed by atoms with Crippen molar-refractivity contribution < 1.29 is 13.9 Å². The number of pyridine rings is 1. The molecule has 2 aromatic rings. The first kappa shape index (κ1) is 12.6. The molecule has 18 heavy (non-hydrogen) atoms. The number of benzene rings is 1. The van der Waals surface area contributed by atoms with E-state index >= 15 is 0 Å². The van der Waals surface area contributed by atoms with Crippen molar-refractivity contribution in [3.8, 4) is 17.4 Å². The van der Waals surface area contributed by atoms with Gasteiger partial charge in [0.05, 0.1) is 19.2 Å². The number of ether oxygens (including phenoxy) is 2. The molecule has 0 aliphatic carbocycles. The Kier molecular flexibility index (Phi) is 3.99. The van der Waals surface area contributed by atoms with Crippen LogP contribution in [0.2, 0.25) is 0 Å². The van der Waals surface area contributed by atoms with Crippen LogP contribution in [0, 0.1) is 5.82 Å². The summed E-state index contributed by atoms with van der Waals surface area (Å²) in [6.45, 7) is 0. The molecule has 1 aromatic heterocycles. The highest BCUT2D eigenvalue weighted by molar-refractivity contribution is 6.17. The first-order valence-electron chi connectivity index (χ1n) is 5.26. The summed E-state index contributed by atoms with van der Waals surface area (Å²) in [7, 11) is 1.54. The first-order valence-corrected chi connectivity index (χ1v) is 5.79. The Morgan fingerprint density at radius 3 is 2.67 bits per heavy atom. The predicted octanol–water partition coefficient (Wildman–Crippen LogP) is 3.76. The lowest BCUT2D eigenvalue weighted by atomic mass is 10.3. The maximum Gasteiger partial charge on any atom is 0.224 e. The summed E-state index contributed by atoms with van der Waals surface area (Å²) in [6, 6.07) is 8.43. The van der Waals surface area contributed by atoms with Crippen LogP contribution in [0.3, 0.4) is 0 Å². The van der Waals surface area contributed by atoms with E-state index in [1.807, 2.05) is 12.1 Å². The summed E-state index contributed by atoms with van der Waals surface area (Å²) in [5.41, 5.74) is 0.488. The van der Waals surface area contributed by atoms with Gasteiger partial charge in [0.25, 0.3) is 0 Å². The van der Waals surface area contributed by atoms with Crippen LogP contribution in [0.1, 0.15) is 5.56 Å². The lowest BCUT2D eigenvalue weighted by molar-refractivity contribution is 0.372. The van der Waals surface area contributed by atoms with E-state index in [4.69, 9.17) is 21.1 Å². The van der Waals surface area contributed by atoms with Crippen molar-refractivity contribution in [3.05, 3.63) is 47.9 Å². The molecule has 0 saturated heterocycles. The Morgan fingerprint density at radius 1 is 1.28 bits per heavy atom. The van der Waals surface area contributed by atoms with E-state index < -0.39 is 5.82 Å². The van der Waals surface area contributed by atoms with Gasteiger partial charge in [-0.25, -0.2) is 9.37 Å². The van der Waals surface area contributed by atoms with Crippen LogP contribution < -0.4 is 9.47 Å². The van der Waals surface area contributed by atoms with Crippen LogP contribution in [-0.4, -0.2) is 12.1 Å². The summed E-state index contributed by atoms with van der Waals surface area (Å²) in [5, 5.41) is 0. The number of hydrogen-bond donors (Lipinski definition) is 0. The van der Waals surface area contributed by atoms with Crippen molar-refractivity contribution in [3.63, 3.8) is 0 Å². The highest BCUT2D eigenvalue weighted by atomic mass is 35.5. The average molecular weight is 268 g/mol. The largest absolute Gasteiger partial charge is 0.493 e. The zero-order valence-electron chi connectivity index (χ0n) is 9.69. The fraction of sp³-hybridized carbons (Fsp3) is 0.154. The minimum Gasteiger partial charge on any atom is -0.493 e. The Labute approximate surface area is 109 Å². The smallest absolute Gasteiger partial charge is 0.224 e. The van der Waals surface area contributed by atoms with Gasteiger partial charge in [-0.3, -0.25) is 0 Å². The van der Waals surface area contributed by atoms with Crippen molar-refractivity contribution in [2.75, 3.05) is 7.11 Å². The number of alkyl halides is 1. The first-order chi connectivity index (χ1) is 8.74. The Hall–Kier alpha value is -1.81. The van der Waals surface area contributed by atoms with Gasteiger partial charge in [-0.15, -0.1) is 11.6 Å². The summed E-state index contributed by atoms with van der Waals surface area (Å²) < 4.78 is 23.8. The molecule has 1 aromatic carbocycles. The van der Waals surface area contributed by atoms with E-state index in [9.17, 15) is 4.39 Å². The lowest BCUT2D eigenvalue weighted by Gasteiger charge is -2.11. The van der Waals surface area contributed by atoms with Crippen molar-refractivity contribution in [1.82, 2.24) is 4.98 Å². The standard InChI is InChI=1S/C13H11ClFNO2/c1-17-11-4-2-3-5-12(11)18-13-9(7-14)6-10(15)8-16-13/h2-6,8H,7H2,1H3. The van der Waals surface area contributed by atoms with Gasteiger partial charge in [-0.05, 0) is 18.2 Å². The summed E-state index contributed by atoms with van der Waals surface area (Å²) in [5.74, 6) is 1.03. The molecule has 3 nitrogen and oxygen atoms in total. The SMILES string of the molecule is COc1ccccc1Oc1ncc(F)cc1CCl. The molecule has 94 valence electrons. The summed E-state index contributed by atoms with van der Waals surface area (Å²) >= 11 is 5.73. The molecular weight excluding hydrogens is 257 g/mol. The van der Waals surface area contributed by atoms with Crippen molar-refractivity contribution in [2.24, 2.45) is 0 Å². The molecule has 0 atom stereocenters. The molecule has 0 aliphatic rings. The molecule has 0 aliphatic heterocycles. The number of rotatable bonds is 4. The van der Waals surface area contributed by atoms with E-state index in [1.165, 1.54) is 6.07 Å². The van der Waals surface area contributed by atoms with Gasteiger partial charge in [-0.1, -0.05) is 12.1 Å². The maximum atomic E-state index is 13.0. The average Bonchev–Trinajstić information content (AvgIpc) is 2.41. The van der Waals surface area contributed by atoms with E-state index in [-0.39, 0.29) is 11.8 Å². The highest BCUT2D eigenvalue weighted by Crippen LogP contribution is 2.32. The summed E-state index contributed by atoms with van der Waals surface area (Å²) in [4.78, 5) is 3.88. The molecule has 0 amide bonds. The van der Waals surface area contributed by atoms with Gasteiger partial charge in [0.1, 0.15) is 5.82 Å². The second-order valence-corrected chi connectivity index (χ2v) is 3.77. The van der Waals surface area contributed by atoms with Gasteiger partial charge in [0.15, 0.2) is 11.5 Å². The fourth-order valence-electron chi connectivity index (χ4n) is 1.46. The second-order valence-electron chi connectivity index (χ2n) is 3.50. The number of aromatic nitrogens is 1. The highest BCUT2D eigenvalue weighted by Gasteiger charge is 2.10. The lowest BCUT2D eigenvalue weighted by Crippen LogP contribution is -1.96. The number of para-hydroxylation sites is 2. The van der Waals surface area contributed by atoms with Crippen molar-refractivity contribution in [2.45, 2.75) is 5.88 Å². The van der Waals surface area contributed by atoms with Crippen molar-refractivity contribution >= 4 is 11.6 Å². The van der Waals surface area contributed by atoms with Crippen LogP contribution >= 0.6 is 11.6 Å². The molecule has 0 saturated carbocycles. The molecule has 0 radical (unpaired) electrons. The van der Waals surface area contributed by atoms with Gasteiger partial charge in [0, 0.05) is 5.56 Å². The van der Waals surface area contributed by atoms with Crippen LogP contribution in [0.5, 0.6) is 17.4 Å². The van der Waals surface area contributed by atoms with Crippen LogP contribution in [0.15, 0.2) is 36.5 Å². The van der Waals surface area contributed by atoms with Gasteiger partial charge in [0.2, 0.25) is 5.88 Å². The summed E-state index contributed by atoms with van der Waals surface area (Å²) in [6.07, 6.45) is 1.08. The third kappa shape index (κ3) is 2.71. The molecule has 0 N–H and O–H groups in total. The molecule has 0 spiro atoms. The van der Waals surface area contributed by atoms with E-state index in [0.717, 1.165) is 6.20 Å². The Morgan fingerprint density at radius 2 is 2.00 bits per heavy atom. The number of methoxy groups -OCH3 is 1. The molecular formula is C13H11ClFNO2. The molecule has 0 fully saturated rings. The Bertz CT molecular complexity index is 548. The molecule has 2 rings (SSSR count). The molecule has 1 heterocycles. The number of halogens is 2. The molecule has 0 bridgehead atoms. The number of nitrogens with zero attached hydrogens (tertiary/aromatic N) is 1. The normalized spacial score (nSPS) is 10.2. The van der Waals surface area contributed by atoms with E-state index in [0.29, 0.717) is 17.1 Å². The van der Waals surface area contributed by atoms with Gasteiger partial charge < -0.3 is 9.47 Å². The van der Waals surface area contributed by atoms with Gasteiger partial charge >= 0.3 is 0 Å². The van der Waals surface area contributed by atoms with Gasteiger partial charge in [-0.2, -0.15) is 0 Å². The fourth-order valence-corrected chi connectivity index (χ4v) is 1.66. The van der Waals surface area contributed by atoms with Crippen molar-refractivity contribution in [1.29, 1.82) is 0 Å². The van der Waals surface area contributed by atoms with Crippen LogP contribution in [0.4, 0.5) is 4.39 Å².